The van der Waals surface area contributed by atoms with E-state index in [0.717, 1.165) is 0 Å². The molecule has 0 spiro atoms. The minimum Gasteiger partial charge on any atom is -0.399 e. The lowest BCUT2D eigenvalue weighted by molar-refractivity contribution is 0.0988. The van der Waals surface area contributed by atoms with Gasteiger partial charge in [0.2, 0.25) is 0 Å². The molecule has 1 aromatic carbocycles. The van der Waals surface area contributed by atoms with Gasteiger partial charge in [-0.05, 0) is 39.0 Å². The van der Waals surface area contributed by atoms with Crippen molar-refractivity contribution in [3.8, 4) is 0 Å². The van der Waals surface area contributed by atoms with Crippen LogP contribution in [-0.2, 0) is 9.84 Å². The Hall–Kier alpha value is -0.880. The van der Waals surface area contributed by atoms with Gasteiger partial charge in [-0.2, -0.15) is 0 Å². The molecule has 0 unspecified atom stereocenters. The summed E-state index contributed by atoms with van der Waals surface area (Å²) in [5.74, 6) is -0.372. The van der Waals surface area contributed by atoms with E-state index in [1.54, 1.807) is 39.0 Å². The van der Waals surface area contributed by atoms with Crippen LogP contribution in [0, 0.1) is 0 Å². The quantitative estimate of drug-likeness (QED) is 0.670. The van der Waals surface area contributed by atoms with Crippen molar-refractivity contribution >= 4 is 37.2 Å². The molecule has 0 heterocycles. The first kappa shape index (κ1) is 16.2. The van der Waals surface area contributed by atoms with Gasteiger partial charge in [-0.25, -0.2) is 8.42 Å². The second-order valence-electron chi connectivity index (χ2n) is 5.38. The number of Topliss-reactive ketones (excluding diaryl/α,β-unsaturated/α-hetero) is 1. The first-order valence-corrected chi connectivity index (χ1v) is 8.29. The lowest BCUT2D eigenvalue weighted by Crippen LogP contribution is -2.31. The number of anilines is 1. The summed E-state index contributed by atoms with van der Waals surface area (Å²) in [6.07, 6.45) is -0.0322. The van der Waals surface area contributed by atoms with Crippen molar-refractivity contribution in [1.82, 2.24) is 0 Å². The maximum Gasteiger partial charge on any atom is 0.164 e. The second kappa shape index (κ2) is 5.63. The van der Waals surface area contributed by atoms with Crippen LogP contribution in [0.5, 0.6) is 0 Å². The number of hydrogen-bond acceptors (Lipinski definition) is 4. The molecule has 0 amide bonds. The third-order valence-electron chi connectivity index (χ3n) is 2.77. The maximum absolute atomic E-state index is 12.0. The molecule has 1 aromatic rings. The number of carbonyl (C=O) groups excluding carboxylic acids is 1. The number of nitrogen functional groups attached to an aromatic ring is 1. The van der Waals surface area contributed by atoms with Crippen LogP contribution in [0.3, 0.4) is 0 Å². The Morgan fingerprint density at radius 1 is 1.26 bits per heavy atom. The number of ketones is 1. The van der Waals surface area contributed by atoms with Crippen LogP contribution < -0.4 is 5.73 Å². The van der Waals surface area contributed by atoms with Crippen LogP contribution in [-0.4, -0.2) is 24.7 Å². The van der Waals surface area contributed by atoms with E-state index < -0.39 is 14.6 Å². The van der Waals surface area contributed by atoms with Crippen molar-refractivity contribution in [3.63, 3.8) is 0 Å². The summed E-state index contributed by atoms with van der Waals surface area (Å²) in [5.41, 5.74) is 6.54. The van der Waals surface area contributed by atoms with Crippen LogP contribution >= 0.6 is 15.9 Å². The number of carbonyl (C=O) groups is 1. The van der Waals surface area contributed by atoms with Crippen molar-refractivity contribution in [2.45, 2.75) is 31.9 Å². The van der Waals surface area contributed by atoms with Crippen molar-refractivity contribution in [3.05, 3.63) is 28.2 Å². The normalized spacial score (nSPS) is 12.4. The van der Waals surface area contributed by atoms with Crippen molar-refractivity contribution < 1.29 is 13.2 Å². The standard InChI is InChI=1S/C13H18BrNO3S/c1-13(2,3)19(17,18)5-4-12(16)9-6-10(14)8-11(15)7-9/h6-8H,4-5,15H2,1-3H3. The van der Waals surface area contributed by atoms with E-state index in [1.165, 1.54) is 0 Å². The van der Waals surface area contributed by atoms with Crippen molar-refractivity contribution in [2.75, 3.05) is 11.5 Å². The number of halogens is 1. The van der Waals surface area contributed by atoms with Gasteiger partial charge in [0.25, 0.3) is 0 Å². The molecule has 0 saturated heterocycles. The van der Waals surface area contributed by atoms with E-state index in [2.05, 4.69) is 15.9 Å². The van der Waals surface area contributed by atoms with Crippen LogP contribution in [0.1, 0.15) is 37.6 Å². The van der Waals surface area contributed by atoms with E-state index in [1.807, 2.05) is 0 Å². The summed E-state index contributed by atoms with van der Waals surface area (Å²) in [5, 5.41) is 0. The maximum atomic E-state index is 12.0. The largest absolute Gasteiger partial charge is 0.399 e. The molecule has 2 N–H and O–H groups in total. The summed E-state index contributed by atoms with van der Waals surface area (Å²) in [6, 6.07) is 4.88. The minimum absolute atomic E-state index is 0.0322. The highest BCUT2D eigenvalue weighted by Gasteiger charge is 2.29. The Labute approximate surface area is 122 Å². The molecule has 0 fully saturated rings. The molecule has 4 nitrogen and oxygen atoms in total. The highest BCUT2D eigenvalue weighted by molar-refractivity contribution is 9.10. The Balaban J connectivity index is 2.82. The number of benzene rings is 1. The molecule has 0 atom stereocenters. The van der Waals surface area contributed by atoms with Gasteiger partial charge in [-0.3, -0.25) is 4.79 Å². The van der Waals surface area contributed by atoms with Gasteiger partial charge >= 0.3 is 0 Å². The molecule has 6 heteroatoms. The van der Waals surface area contributed by atoms with Crippen LogP contribution in [0.2, 0.25) is 0 Å². The van der Waals surface area contributed by atoms with Gasteiger partial charge in [-0.15, -0.1) is 0 Å². The van der Waals surface area contributed by atoms with Crippen LogP contribution in [0.15, 0.2) is 22.7 Å². The van der Waals surface area contributed by atoms with Gasteiger partial charge in [-0.1, -0.05) is 15.9 Å². The predicted octanol–water partition coefficient (Wildman–Crippen LogP) is 2.82. The fourth-order valence-electron chi connectivity index (χ4n) is 1.45. The Morgan fingerprint density at radius 2 is 1.84 bits per heavy atom. The lowest BCUT2D eigenvalue weighted by Gasteiger charge is -2.18. The van der Waals surface area contributed by atoms with E-state index in [9.17, 15) is 13.2 Å². The summed E-state index contributed by atoms with van der Waals surface area (Å²) >= 11 is 3.25. The van der Waals surface area contributed by atoms with Crippen LogP contribution in [0.4, 0.5) is 5.69 Å². The van der Waals surface area contributed by atoms with Gasteiger partial charge in [0, 0.05) is 22.1 Å². The zero-order chi connectivity index (χ0) is 14.8. The summed E-state index contributed by atoms with van der Waals surface area (Å²) < 4.78 is 23.7. The Morgan fingerprint density at radius 3 is 2.32 bits per heavy atom. The van der Waals surface area contributed by atoms with Gasteiger partial charge in [0.1, 0.15) is 0 Å². The molecule has 0 radical (unpaired) electrons. The zero-order valence-corrected chi connectivity index (χ0v) is 13.6. The molecular formula is C13H18BrNO3S. The lowest BCUT2D eigenvalue weighted by atomic mass is 10.1. The van der Waals surface area contributed by atoms with Crippen LogP contribution in [0.25, 0.3) is 0 Å². The summed E-state index contributed by atoms with van der Waals surface area (Å²) in [7, 11) is -3.28. The van der Waals surface area contributed by atoms with Gasteiger partial charge in [0.05, 0.1) is 10.5 Å². The molecule has 0 aliphatic carbocycles. The molecule has 106 valence electrons. The van der Waals surface area contributed by atoms with Gasteiger partial charge < -0.3 is 5.73 Å². The number of hydrogen-bond donors (Lipinski definition) is 1. The SMILES string of the molecule is CC(C)(C)S(=O)(=O)CCC(=O)c1cc(N)cc(Br)c1. The van der Waals surface area contributed by atoms with E-state index in [0.29, 0.717) is 15.7 Å². The third-order valence-corrected chi connectivity index (χ3v) is 5.84. The molecule has 0 aromatic heterocycles. The molecule has 0 saturated carbocycles. The van der Waals surface area contributed by atoms with E-state index in [4.69, 9.17) is 5.73 Å². The molecule has 0 aliphatic heterocycles. The number of rotatable bonds is 4. The summed E-state index contributed by atoms with van der Waals surface area (Å²) in [6.45, 7) is 4.89. The first-order chi connectivity index (χ1) is 8.53. The number of nitrogens with two attached hydrogens (primary N) is 1. The smallest absolute Gasteiger partial charge is 0.164 e. The molecule has 0 bridgehead atoms. The fraction of sp³-hybridized carbons (Fsp3) is 0.462. The van der Waals surface area contributed by atoms with E-state index >= 15 is 0 Å². The number of sulfone groups is 1. The molecule has 1 rings (SSSR count). The highest BCUT2D eigenvalue weighted by atomic mass is 79.9. The topological polar surface area (TPSA) is 77.2 Å². The first-order valence-electron chi connectivity index (χ1n) is 5.84. The zero-order valence-electron chi connectivity index (χ0n) is 11.2. The Bertz CT molecular complexity index is 568. The van der Waals surface area contributed by atoms with Crippen molar-refractivity contribution in [1.29, 1.82) is 0 Å². The highest BCUT2D eigenvalue weighted by Crippen LogP contribution is 2.20. The molecule has 19 heavy (non-hydrogen) atoms. The molecule has 0 aliphatic rings. The van der Waals surface area contributed by atoms with Gasteiger partial charge in [0.15, 0.2) is 15.6 Å². The van der Waals surface area contributed by atoms with Crippen molar-refractivity contribution in [2.24, 2.45) is 0 Å². The Kier molecular flexibility index (Phi) is 4.79. The average Bonchev–Trinajstić information content (AvgIpc) is 2.23. The predicted molar refractivity (Wildman–Crippen MR) is 81.0 cm³/mol. The van der Waals surface area contributed by atoms with E-state index in [-0.39, 0.29) is 18.0 Å². The minimum atomic E-state index is -3.28. The second-order valence-corrected chi connectivity index (χ2v) is 9.16. The average molecular weight is 348 g/mol. The molecular weight excluding hydrogens is 330 g/mol. The monoisotopic (exact) mass is 347 g/mol. The third kappa shape index (κ3) is 4.31. The fourth-order valence-corrected chi connectivity index (χ4v) is 3.03. The summed E-state index contributed by atoms with van der Waals surface area (Å²) in [4.78, 5) is 12.0.